The minimum Gasteiger partial charge on any atom is -0.493 e. The number of imidazole rings is 1. The molecule has 0 saturated carbocycles. The number of pyridine rings is 1. The number of alkyl halides is 3. The predicted octanol–water partition coefficient (Wildman–Crippen LogP) is 3.85. The molecule has 36 heavy (non-hydrogen) atoms. The van der Waals surface area contributed by atoms with E-state index in [4.69, 9.17) is 4.74 Å². The van der Waals surface area contributed by atoms with Crippen LogP contribution >= 0.6 is 0 Å². The molecule has 1 atom stereocenters. The Kier molecular flexibility index (Phi) is 7.17. The molecule has 0 bridgehead atoms. The van der Waals surface area contributed by atoms with Gasteiger partial charge in [0.15, 0.2) is 5.69 Å². The van der Waals surface area contributed by atoms with Gasteiger partial charge in [-0.3, -0.25) is 9.69 Å². The summed E-state index contributed by atoms with van der Waals surface area (Å²) in [5.74, 6) is -0.275. The third-order valence-electron chi connectivity index (χ3n) is 6.48. The van der Waals surface area contributed by atoms with Crippen LogP contribution in [0, 0.1) is 11.3 Å². The number of carbonyl (C=O) groups is 1. The molecule has 0 N–H and O–H groups in total. The second-order valence-electron chi connectivity index (χ2n) is 9.00. The second-order valence-corrected chi connectivity index (χ2v) is 9.00. The molecule has 3 aromatic rings. The van der Waals surface area contributed by atoms with Crippen molar-refractivity contribution in [2.75, 3.05) is 33.8 Å². The fourth-order valence-electron chi connectivity index (χ4n) is 4.46. The molecule has 1 fully saturated rings. The first-order chi connectivity index (χ1) is 17.1. The van der Waals surface area contributed by atoms with Crippen molar-refractivity contribution < 1.29 is 22.7 Å². The average Bonchev–Trinajstić information content (AvgIpc) is 3.45. The van der Waals surface area contributed by atoms with Crippen LogP contribution in [0.3, 0.4) is 0 Å². The van der Waals surface area contributed by atoms with Crippen molar-refractivity contribution in [2.24, 2.45) is 7.05 Å². The number of nitriles is 1. The van der Waals surface area contributed by atoms with Crippen molar-refractivity contribution in [1.82, 2.24) is 24.3 Å². The number of fused-ring (bicyclic) bond motifs is 1. The monoisotopic (exact) mass is 500 g/mol. The highest BCUT2D eigenvalue weighted by Crippen LogP contribution is 2.39. The van der Waals surface area contributed by atoms with Gasteiger partial charge in [-0.2, -0.15) is 18.4 Å². The van der Waals surface area contributed by atoms with Gasteiger partial charge in [0.25, 0.3) is 0 Å². The number of hydrogen-bond acceptors (Lipinski definition) is 6. The van der Waals surface area contributed by atoms with Gasteiger partial charge in [0.2, 0.25) is 5.91 Å². The van der Waals surface area contributed by atoms with Crippen LogP contribution < -0.4 is 4.74 Å². The molecule has 0 spiro atoms. The maximum Gasteiger partial charge on any atom is 0.419 e. The summed E-state index contributed by atoms with van der Waals surface area (Å²) in [4.78, 5) is 24.6. The standard InChI is InChI=1S/C25H27F3N6O2/c1-32-9-4-6-20(32)24(35)33(2)10-5-11-36-22-8-7-16(12-17(22)25(26,27)28)18-13-21-23(19(14-29)31-18)30-15-34(21)3/h7-8,12-13,15,20H,4-6,9-11H2,1-3H3. The van der Waals surface area contributed by atoms with Crippen LogP contribution in [-0.2, 0) is 18.0 Å². The lowest BCUT2D eigenvalue weighted by Gasteiger charge is -2.25. The number of carbonyl (C=O) groups excluding carboxylic acids is 1. The van der Waals surface area contributed by atoms with Crippen LogP contribution in [0.25, 0.3) is 22.3 Å². The van der Waals surface area contributed by atoms with Gasteiger partial charge in [0, 0.05) is 26.2 Å². The summed E-state index contributed by atoms with van der Waals surface area (Å²) in [7, 11) is 5.35. The van der Waals surface area contributed by atoms with Crippen molar-refractivity contribution in [3.8, 4) is 23.1 Å². The third kappa shape index (κ3) is 5.14. The van der Waals surface area contributed by atoms with Crippen molar-refractivity contribution in [1.29, 1.82) is 5.26 Å². The van der Waals surface area contributed by atoms with Crippen LogP contribution in [0.4, 0.5) is 13.2 Å². The smallest absolute Gasteiger partial charge is 0.419 e. The van der Waals surface area contributed by atoms with E-state index in [9.17, 15) is 23.2 Å². The van der Waals surface area contributed by atoms with E-state index in [2.05, 4.69) is 9.97 Å². The lowest BCUT2D eigenvalue weighted by Crippen LogP contribution is -2.43. The Balaban J connectivity index is 1.49. The number of aryl methyl sites for hydroxylation is 1. The Morgan fingerprint density at radius 3 is 2.75 bits per heavy atom. The first-order valence-electron chi connectivity index (χ1n) is 11.6. The predicted molar refractivity (Wildman–Crippen MR) is 127 cm³/mol. The molecule has 1 aromatic carbocycles. The number of likely N-dealkylation sites (tertiary alicyclic amines) is 1. The third-order valence-corrected chi connectivity index (χ3v) is 6.48. The van der Waals surface area contributed by atoms with E-state index in [-0.39, 0.29) is 41.3 Å². The van der Waals surface area contributed by atoms with Gasteiger partial charge < -0.3 is 14.2 Å². The topological polar surface area (TPSA) is 87.3 Å². The van der Waals surface area contributed by atoms with Crippen molar-refractivity contribution >= 4 is 16.9 Å². The lowest BCUT2D eigenvalue weighted by atomic mass is 10.1. The summed E-state index contributed by atoms with van der Waals surface area (Å²) in [6.45, 7) is 1.29. The van der Waals surface area contributed by atoms with Gasteiger partial charge in [0.05, 0.1) is 35.8 Å². The lowest BCUT2D eigenvalue weighted by molar-refractivity contribution is -0.138. The molecular formula is C25H27F3N6O2. The van der Waals surface area contributed by atoms with Crippen LogP contribution in [0.2, 0.25) is 0 Å². The van der Waals surface area contributed by atoms with E-state index in [0.29, 0.717) is 24.0 Å². The number of hydrogen-bond donors (Lipinski definition) is 0. The maximum absolute atomic E-state index is 13.9. The first kappa shape index (κ1) is 25.4. The van der Waals surface area contributed by atoms with Crippen LogP contribution in [0.1, 0.15) is 30.5 Å². The summed E-state index contributed by atoms with van der Waals surface area (Å²) in [6, 6.07) is 7.16. The molecule has 8 nitrogen and oxygen atoms in total. The number of amides is 1. The van der Waals surface area contributed by atoms with Crippen LogP contribution in [-0.4, -0.2) is 70.1 Å². The summed E-state index contributed by atoms with van der Waals surface area (Å²) in [5, 5.41) is 9.42. The molecule has 1 amide bonds. The van der Waals surface area contributed by atoms with E-state index >= 15 is 0 Å². The zero-order valence-corrected chi connectivity index (χ0v) is 20.3. The highest BCUT2D eigenvalue weighted by Gasteiger charge is 2.35. The highest BCUT2D eigenvalue weighted by molar-refractivity contribution is 5.84. The number of likely N-dealkylation sites (N-methyl/N-ethyl adjacent to an activating group) is 2. The zero-order chi connectivity index (χ0) is 26.0. The van der Waals surface area contributed by atoms with Crippen molar-refractivity contribution in [3.05, 3.63) is 41.9 Å². The number of ether oxygens (including phenoxy) is 1. The van der Waals surface area contributed by atoms with Gasteiger partial charge in [-0.15, -0.1) is 0 Å². The van der Waals surface area contributed by atoms with Gasteiger partial charge in [-0.05, 0) is 57.1 Å². The first-order valence-corrected chi connectivity index (χ1v) is 11.6. The van der Waals surface area contributed by atoms with Crippen LogP contribution in [0.5, 0.6) is 5.75 Å². The van der Waals surface area contributed by atoms with E-state index in [1.165, 1.54) is 18.5 Å². The van der Waals surface area contributed by atoms with Gasteiger partial charge in [-0.1, -0.05) is 0 Å². The minimum absolute atomic E-state index is 0.0185. The number of benzene rings is 1. The summed E-state index contributed by atoms with van der Waals surface area (Å²) in [5.41, 5.74) is 0.537. The van der Waals surface area contributed by atoms with Gasteiger partial charge >= 0.3 is 6.18 Å². The number of rotatable bonds is 7. The SMILES string of the molecule is CN(CCCOc1ccc(-c2cc3c(ncn3C)c(C#N)n2)cc1C(F)(F)F)C(=O)C1CCCN1C. The maximum atomic E-state index is 13.9. The summed E-state index contributed by atoms with van der Waals surface area (Å²) < 4.78 is 48.8. The Hall–Kier alpha value is -3.65. The summed E-state index contributed by atoms with van der Waals surface area (Å²) >= 11 is 0. The second kappa shape index (κ2) is 10.1. The van der Waals surface area contributed by atoms with E-state index in [1.54, 1.807) is 29.6 Å². The molecule has 0 aliphatic carbocycles. The minimum atomic E-state index is -4.65. The molecular weight excluding hydrogens is 473 g/mol. The molecule has 3 heterocycles. The quantitative estimate of drug-likeness (QED) is 0.458. The van der Waals surface area contributed by atoms with Gasteiger partial charge in [-0.25, -0.2) is 9.97 Å². The van der Waals surface area contributed by atoms with Crippen molar-refractivity contribution in [2.45, 2.75) is 31.5 Å². The zero-order valence-electron chi connectivity index (χ0n) is 20.3. The molecule has 0 radical (unpaired) electrons. The Morgan fingerprint density at radius 1 is 1.31 bits per heavy atom. The molecule has 4 rings (SSSR count). The molecule has 190 valence electrons. The number of halogens is 3. The van der Waals surface area contributed by atoms with E-state index < -0.39 is 11.7 Å². The molecule has 1 unspecified atom stereocenters. The Bertz CT molecular complexity index is 1310. The van der Waals surface area contributed by atoms with E-state index in [1.807, 2.05) is 18.0 Å². The van der Waals surface area contributed by atoms with Crippen LogP contribution in [0.15, 0.2) is 30.6 Å². The Morgan fingerprint density at radius 2 is 2.08 bits per heavy atom. The number of nitrogens with zero attached hydrogens (tertiary/aromatic N) is 6. The van der Waals surface area contributed by atoms with Gasteiger partial charge in [0.1, 0.15) is 17.3 Å². The molecule has 11 heteroatoms. The Labute approximate surface area is 206 Å². The highest BCUT2D eigenvalue weighted by atomic mass is 19.4. The molecule has 2 aromatic heterocycles. The normalized spacial score (nSPS) is 16.3. The number of aromatic nitrogens is 3. The molecule has 1 aliphatic rings. The van der Waals surface area contributed by atoms with E-state index in [0.717, 1.165) is 25.5 Å². The summed E-state index contributed by atoms with van der Waals surface area (Å²) in [6.07, 6.45) is -0.951. The largest absolute Gasteiger partial charge is 0.493 e. The van der Waals surface area contributed by atoms with Crippen molar-refractivity contribution in [3.63, 3.8) is 0 Å². The fourth-order valence-corrected chi connectivity index (χ4v) is 4.46. The molecule has 1 saturated heterocycles. The average molecular weight is 501 g/mol. The fraction of sp³-hybridized carbons (Fsp3) is 0.440. The molecule has 1 aliphatic heterocycles.